The smallest absolute Gasteiger partial charge is 0.179 e. The van der Waals surface area contributed by atoms with Gasteiger partial charge in [-0.3, -0.25) is 8.97 Å². The molecular formula is C53H38N4OSi. The maximum absolute atomic E-state index is 6.88. The fourth-order valence-corrected chi connectivity index (χ4v) is 14.9. The van der Waals surface area contributed by atoms with E-state index >= 15 is 0 Å². The number of aromatic nitrogens is 4. The second kappa shape index (κ2) is 12.6. The molecular weight excluding hydrogens is 737 g/mol. The van der Waals surface area contributed by atoms with Crippen LogP contribution in [0.2, 0.25) is 0 Å². The van der Waals surface area contributed by atoms with Crippen LogP contribution in [0.25, 0.3) is 54.9 Å². The minimum Gasteiger partial charge on any atom is -0.456 e. The molecule has 0 unspecified atom stereocenters. The van der Waals surface area contributed by atoms with E-state index in [0.717, 1.165) is 55.7 Å². The van der Waals surface area contributed by atoms with E-state index in [-0.39, 0.29) is 5.41 Å². The first-order valence-electron chi connectivity index (χ1n) is 20.2. The molecule has 1 aliphatic heterocycles. The number of hydrogen-bond acceptors (Lipinski definition) is 3. The van der Waals surface area contributed by atoms with Crippen molar-refractivity contribution in [1.82, 2.24) is 18.9 Å². The number of benzene rings is 7. The Morgan fingerprint density at radius 1 is 0.492 bits per heavy atom. The fourth-order valence-electron chi connectivity index (χ4n) is 10.2. The molecule has 0 radical (unpaired) electrons. The summed E-state index contributed by atoms with van der Waals surface area (Å²) in [6, 6.07) is 64.5. The first-order chi connectivity index (χ1) is 29.0. The van der Waals surface area contributed by atoms with Gasteiger partial charge in [0.1, 0.15) is 22.8 Å². The van der Waals surface area contributed by atoms with Crippen LogP contribution in [0.15, 0.2) is 195 Å². The van der Waals surface area contributed by atoms with E-state index in [1.54, 1.807) is 0 Å². The van der Waals surface area contributed by atoms with Crippen LogP contribution >= 0.6 is 0 Å². The van der Waals surface area contributed by atoms with E-state index in [0.29, 0.717) is 0 Å². The lowest BCUT2D eigenvalue weighted by Gasteiger charge is -2.35. The summed E-state index contributed by atoms with van der Waals surface area (Å²) in [5, 5.41) is 10.9. The molecule has 5 heterocycles. The van der Waals surface area contributed by atoms with Gasteiger partial charge in [-0.2, -0.15) is 0 Å². The summed E-state index contributed by atoms with van der Waals surface area (Å²) in [5.74, 6) is 1.81. The number of imidazole rings is 1. The molecule has 0 amide bonds. The molecule has 0 bridgehead atoms. The predicted molar refractivity (Wildman–Crippen MR) is 245 cm³/mol. The van der Waals surface area contributed by atoms with Gasteiger partial charge in [-0.15, -0.1) is 0 Å². The van der Waals surface area contributed by atoms with Crippen molar-refractivity contribution in [3.8, 4) is 17.2 Å². The zero-order valence-corrected chi connectivity index (χ0v) is 33.7. The molecule has 11 aromatic rings. The average Bonchev–Trinajstić information content (AvgIpc) is 3.92. The van der Waals surface area contributed by atoms with E-state index in [2.05, 4.69) is 199 Å². The SMILES string of the molecule is CC1(C)c2ccccc2Oc2c1ccc1c2c2cccnc2n1-c1cccc([Si](c2ccccc2)(c2ccccc2)c2ccc3c4ccccc4n4ccnc4c3c2)c1. The van der Waals surface area contributed by atoms with Gasteiger partial charge in [0.2, 0.25) is 0 Å². The average molecular weight is 775 g/mol. The Morgan fingerprint density at radius 2 is 1.19 bits per heavy atom. The zero-order chi connectivity index (χ0) is 39.3. The summed E-state index contributed by atoms with van der Waals surface area (Å²) in [6.45, 7) is 4.59. The highest BCUT2D eigenvalue weighted by Crippen LogP contribution is 2.52. The van der Waals surface area contributed by atoms with Gasteiger partial charge in [-0.25, -0.2) is 9.97 Å². The lowest BCUT2D eigenvalue weighted by molar-refractivity contribution is 0.423. The molecule has 280 valence electrons. The molecule has 7 aromatic carbocycles. The zero-order valence-electron chi connectivity index (χ0n) is 32.7. The normalized spacial score (nSPS) is 13.5. The number of ether oxygens (including phenoxy) is 1. The summed E-state index contributed by atoms with van der Waals surface area (Å²) < 4.78 is 11.4. The van der Waals surface area contributed by atoms with E-state index in [1.807, 2.05) is 18.5 Å². The Bertz CT molecular complexity index is 3420. The molecule has 12 rings (SSSR count). The van der Waals surface area contributed by atoms with Gasteiger partial charge in [0.05, 0.1) is 16.4 Å². The minimum atomic E-state index is -3.01. The molecule has 4 aromatic heterocycles. The topological polar surface area (TPSA) is 44.4 Å². The Balaban J connectivity index is 1.15. The summed E-state index contributed by atoms with van der Waals surface area (Å²) in [5.41, 5.74) is 7.28. The number of fused-ring (bicyclic) bond motifs is 12. The molecule has 0 N–H and O–H groups in total. The molecule has 59 heavy (non-hydrogen) atoms. The van der Waals surface area contributed by atoms with Crippen molar-refractivity contribution in [3.05, 3.63) is 206 Å². The molecule has 0 atom stereocenters. The van der Waals surface area contributed by atoms with E-state index in [4.69, 9.17) is 14.7 Å². The van der Waals surface area contributed by atoms with Crippen molar-refractivity contribution in [2.24, 2.45) is 0 Å². The highest BCUT2D eigenvalue weighted by Gasteiger charge is 2.42. The van der Waals surface area contributed by atoms with Crippen LogP contribution in [0.1, 0.15) is 25.0 Å². The molecule has 1 aliphatic rings. The number of para-hydroxylation sites is 2. The Hall–Kier alpha value is -7.28. The highest BCUT2D eigenvalue weighted by atomic mass is 28.3. The van der Waals surface area contributed by atoms with Crippen LogP contribution in [0, 0.1) is 0 Å². The third kappa shape index (κ3) is 4.72. The highest BCUT2D eigenvalue weighted by molar-refractivity contribution is 7.20. The summed E-state index contributed by atoms with van der Waals surface area (Å²) >= 11 is 0. The van der Waals surface area contributed by atoms with Gasteiger partial charge < -0.3 is 4.74 Å². The van der Waals surface area contributed by atoms with E-state index in [1.165, 1.54) is 42.6 Å². The quantitative estimate of drug-likeness (QED) is 0.0994. The first-order valence-corrected chi connectivity index (χ1v) is 22.2. The number of rotatable bonds is 5. The second-order valence-electron chi connectivity index (χ2n) is 16.2. The largest absolute Gasteiger partial charge is 0.456 e. The number of hydrogen-bond donors (Lipinski definition) is 0. The van der Waals surface area contributed by atoms with Crippen LogP contribution in [-0.2, 0) is 5.41 Å². The third-order valence-corrected chi connectivity index (χ3v) is 17.6. The first kappa shape index (κ1) is 33.8. The third-order valence-electron chi connectivity index (χ3n) is 12.8. The van der Waals surface area contributed by atoms with Crippen molar-refractivity contribution in [2.75, 3.05) is 0 Å². The van der Waals surface area contributed by atoms with Gasteiger partial charge in [0.15, 0.2) is 8.07 Å². The Morgan fingerprint density at radius 3 is 2.02 bits per heavy atom. The standard InChI is InChI=1S/C53H38N4OSi/c1-53(2)44-23-10-12-25-48(44)58-50-45(53)28-29-47-49(50)42-22-14-30-54-52(42)57(47)35-15-13-20-38(33-35)59(36-16-5-3-6-17-36,37-18-7-4-8-19-37)39-26-27-40-41-21-9-11-24-46(41)56-32-31-55-51(56)43(40)34-39/h3-34H,1-2H3. The molecule has 5 nitrogen and oxygen atoms in total. The second-order valence-corrected chi connectivity index (χ2v) is 20.0. The lowest BCUT2D eigenvalue weighted by atomic mass is 9.75. The van der Waals surface area contributed by atoms with Gasteiger partial charge in [0, 0.05) is 57.0 Å². The van der Waals surface area contributed by atoms with Gasteiger partial charge in [0.25, 0.3) is 0 Å². The lowest BCUT2D eigenvalue weighted by Crippen LogP contribution is -2.74. The molecule has 0 aliphatic carbocycles. The Labute approximate surface area is 342 Å². The van der Waals surface area contributed by atoms with Crippen LogP contribution in [0.4, 0.5) is 0 Å². The van der Waals surface area contributed by atoms with Crippen LogP contribution in [-0.4, -0.2) is 27.0 Å². The predicted octanol–water partition coefficient (Wildman–Crippen LogP) is 9.94. The molecule has 0 fully saturated rings. The minimum absolute atomic E-state index is 0.237. The molecule has 6 heteroatoms. The fraction of sp³-hybridized carbons (Fsp3) is 0.0566. The molecule has 0 spiro atoms. The number of nitrogens with zero attached hydrogens (tertiary/aromatic N) is 4. The van der Waals surface area contributed by atoms with Crippen LogP contribution in [0.3, 0.4) is 0 Å². The summed E-state index contributed by atoms with van der Waals surface area (Å²) in [6.07, 6.45) is 5.89. The molecule has 0 saturated carbocycles. The maximum Gasteiger partial charge on any atom is 0.179 e. The van der Waals surface area contributed by atoms with Gasteiger partial charge in [-0.05, 0) is 68.6 Å². The summed E-state index contributed by atoms with van der Waals surface area (Å²) in [4.78, 5) is 10.0. The maximum atomic E-state index is 6.88. The van der Waals surface area contributed by atoms with Gasteiger partial charge >= 0.3 is 0 Å². The monoisotopic (exact) mass is 774 g/mol. The van der Waals surface area contributed by atoms with E-state index < -0.39 is 8.07 Å². The van der Waals surface area contributed by atoms with E-state index in [9.17, 15) is 0 Å². The number of pyridine rings is 2. The van der Waals surface area contributed by atoms with Crippen LogP contribution in [0.5, 0.6) is 11.5 Å². The van der Waals surface area contributed by atoms with Crippen molar-refractivity contribution in [2.45, 2.75) is 19.3 Å². The molecule has 0 saturated heterocycles. The van der Waals surface area contributed by atoms with Crippen molar-refractivity contribution < 1.29 is 4.74 Å². The Kier molecular flexibility index (Phi) is 7.23. The van der Waals surface area contributed by atoms with Crippen molar-refractivity contribution in [3.63, 3.8) is 0 Å². The summed E-state index contributed by atoms with van der Waals surface area (Å²) in [7, 11) is -3.01. The van der Waals surface area contributed by atoms with Gasteiger partial charge in [-0.1, -0.05) is 147 Å². The van der Waals surface area contributed by atoms with Crippen molar-refractivity contribution >= 4 is 78.1 Å². The van der Waals surface area contributed by atoms with Crippen molar-refractivity contribution in [1.29, 1.82) is 0 Å². The van der Waals surface area contributed by atoms with Crippen LogP contribution < -0.4 is 25.5 Å².